The molecule has 1 saturated carbocycles. The van der Waals surface area contributed by atoms with Gasteiger partial charge in [-0.25, -0.2) is 14.4 Å². The van der Waals surface area contributed by atoms with Gasteiger partial charge in [0, 0.05) is 30.8 Å². The molecule has 0 radical (unpaired) electrons. The van der Waals surface area contributed by atoms with Crippen molar-refractivity contribution in [2.45, 2.75) is 58.1 Å². The van der Waals surface area contributed by atoms with Crippen molar-refractivity contribution in [3.05, 3.63) is 59.0 Å². The number of aromatic nitrogens is 3. The van der Waals surface area contributed by atoms with Crippen LogP contribution in [0.3, 0.4) is 0 Å². The molecule has 0 spiro atoms. The number of halogens is 2. The second-order valence-corrected chi connectivity index (χ2v) is 11.1. The zero-order chi connectivity index (χ0) is 27.7. The highest BCUT2D eigenvalue weighted by Crippen LogP contribution is 2.31. The maximum Gasteiger partial charge on any atom is 0.253 e. The number of benzene rings is 2. The average Bonchev–Trinajstić information content (AvgIpc) is 3.56. The summed E-state index contributed by atoms with van der Waals surface area (Å²) in [6, 6.07) is 9.87. The van der Waals surface area contributed by atoms with Crippen LogP contribution in [0.5, 0.6) is 0 Å². The Morgan fingerprint density at radius 2 is 2.03 bits per heavy atom. The summed E-state index contributed by atoms with van der Waals surface area (Å²) in [6.45, 7) is 6.67. The largest absolute Gasteiger partial charge is 0.367 e. The first-order valence-corrected chi connectivity index (χ1v) is 13.4. The number of hydrogen-bond donors (Lipinski definition) is 4. The summed E-state index contributed by atoms with van der Waals surface area (Å²) in [5.74, 6) is -0.0426. The maximum atomic E-state index is 14.3. The van der Waals surface area contributed by atoms with Crippen LogP contribution in [0, 0.1) is 5.82 Å². The molecule has 1 unspecified atom stereocenters. The zero-order valence-electron chi connectivity index (χ0n) is 22.1. The summed E-state index contributed by atoms with van der Waals surface area (Å²) >= 11 is 6.52. The van der Waals surface area contributed by atoms with Crippen LogP contribution in [-0.4, -0.2) is 56.5 Å². The summed E-state index contributed by atoms with van der Waals surface area (Å²) in [4.78, 5) is 21.8. The van der Waals surface area contributed by atoms with Gasteiger partial charge >= 0.3 is 0 Å². The van der Waals surface area contributed by atoms with Crippen LogP contribution in [0.15, 0.2) is 42.6 Å². The smallest absolute Gasteiger partial charge is 0.253 e. The number of nitrogens with one attached hydrogen (secondary N) is 3. The van der Waals surface area contributed by atoms with Gasteiger partial charge in [0.2, 0.25) is 6.41 Å². The van der Waals surface area contributed by atoms with Crippen molar-refractivity contribution in [2.24, 2.45) is 0 Å². The van der Waals surface area contributed by atoms with Crippen LogP contribution >= 0.6 is 11.6 Å². The number of imidazole rings is 1. The van der Waals surface area contributed by atoms with E-state index in [0.717, 1.165) is 18.4 Å². The molecule has 2 aromatic heterocycles. The number of aliphatic hydroxyl groups is 1. The van der Waals surface area contributed by atoms with Crippen molar-refractivity contribution in [3.63, 3.8) is 0 Å². The lowest BCUT2D eigenvalue weighted by atomic mass is 10.1. The lowest BCUT2D eigenvalue weighted by Crippen LogP contribution is -2.38. The molecular formula is C28H32ClFN6O3. The third-order valence-corrected chi connectivity index (χ3v) is 6.55. The van der Waals surface area contributed by atoms with E-state index in [9.17, 15) is 14.3 Å². The third kappa shape index (κ3) is 6.47. The first-order chi connectivity index (χ1) is 18.6. The molecule has 1 atom stereocenters. The lowest BCUT2D eigenvalue weighted by molar-refractivity contribution is -0.181. The van der Waals surface area contributed by atoms with Gasteiger partial charge in [0.25, 0.3) is 5.91 Å². The van der Waals surface area contributed by atoms with Gasteiger partial charge in [-0.1, -0.05) is 17.7 Å². The summed E-state index contributed by atoms with van der Waals surface area (Å²) < 4.78 is 21.6. The van der Waals surface area contributed by atoms with E-state index in [1.807, 2.05) is 31.2 Å². The number of hydrogen-bond acceptors (Lipinski definition) is 7. The zero-order valence-corrected chi connectivity index (χ0v) is 22.8. The van der Waals surface area contributed by atoms with Crippen LogP contribution in [-0.2, 0) is 4.74 Å². The Bertz CT molecular complexity index is 1510. The lowest BCUT2D eigenvalue weighted by Gasteiger charge is -2.24. The van der Waals surface area contributed by atoms with Crippen LogP contribution in [0.4, 0.5) is 10.2 Å². The minimum atomic E-state index is -1.06. The molecule has 1 amide bonds. The van der Waals surface area contributed by atoms with E-state index in [1.54, 1.807) is 24.4 Å². The molecule has 4 aromatic rings. The third-order valence-electron chi connectivity index (χ3n) is 6.24. The van der Waals surface area contributed by atoms with E-state index in [2.05, 4.69) is 25.9 Å². The van der Waals surface area contributed by atoms with Crippen molar-refractivity contribution >= 4 is 40.0 Å². The summed E-state index contributed by atoms with van der Waals surface area (Å²) in [7, 11) is 0. The standard InChI is InChI=1S/C28H32ClFN6O3/c1-28(2,3)39-27(38)32-12-4-11-31-24-25-33-15-23(36(25)22-14-17(30)6-10-21(22)35-24)16-5-9-19(20(29)13-16)26(37)34-18-7-8-18/h5-6,9-10,13-15,18,27,32,38H,4,7-8,11-12H2,1-3H3,(H,31,35)(H,34,37). The number of fused-ring (bicyclic) bond motifs is 3. The number of amides is 1. The number of anilines is 1. The fourth-order valence-electron chi connectivity index (χ4n) is 4.27. The van der Waals surface area contributed by atoms with Crippen molar-refractivity contribution < 1.29 is 19.0 Å². The summed E-state index contributed by atoms with van der Waals surface area (Å²) in [5, 5.41) is 19.5. The summed E-state index contributed by atoms with van der Waals surface area (Å²) in [5.41, 5.74) is 3.03. The van der Waals surface area contributed by atoms with Crippen LogP contribution in [0.25, 0.3) is 27.9 Å². The Kier molecular flexibility index (Phi) is 7.73. The molecule has 1 aliphatic carbocycles. The molecule has 2 aromatic carbocycles. The molecular weight excluding hydrogens is 523 g/mol. The number of carbonyl (C=O) groups is 1. The molecule has 0 saturated heterocycles. The number of aliphatic hydroxyl groups excluding tert-OH is 1. The van der Waals surface area contributed by atoms with Crippen LogP contribution in [0.1, 0.15) is 50.4 Å². The minimum Gasteiger partial charge on any atom is -0.367 e. The molecule has 1 fully saturated rings. The SMILES string of the molecule is CC(C)(C)OC(O)NCCCNc1nc2ccc(F)cc2n2c(-c3ccc(C(=O)NC4CC4)c(Cl)c3)cnc12. The number of ether oxygens (including phenoxy) is 1. The predicted molar refractivity (Wildman–Crippen MR) is 149 cm³/mol. The first kappa shape index (κ1) is 27.3. The summed E-state index contributed by atoms with van der Waals surface area (Å²) in [6.07, 6.45) is 3.28. The molecule has 0 aliphatic heterocycles. The van der Waals surface area contributed by atoms with Crippen molar-refractivity contribution in [1.82, 2.24) is 25.0 Å². The molecule has 2 heterocycles. The minimum absolute atomic E-state index is 0.192. The Morgan fingerprint density at radius 1 is 1.23 bits per heavy atom. The average molecular weight is 555 g/mol. The fourth-order valence-corrected chi connectivity index (χ4v) is 4.54. The number of carbonyl (C=O) groups excluding carboxylic acids is 1. The maximum absolute atomic E-state index is 14.3. The van der Waals surface area contributed by atoms with E-state index in [4.69, 9.17) is 16.3 Å². The Labute approximate surface area is 230 Å². The van der Waals surface area contributed by atoms with Gasteiger partial charge in [-0.3, -0.25) is 14.5 Å². The predicted octanol–water partition coefficient (Wildman–Crippen LogP) is 4.72. The quantitative estimate of drug-likeness (QED) is 0.166. The fraction of sp³-hybridized carbons (Fsp3) is 0.393. The van der Waals surface area contributed by atoms with Gasteiger partial charge in [0.15, 0.2) is 11.5 Å². The van der Waals surface area contributed by atoms with Crippen LogP contribution in [0.2, 0.25) is 5.02 Å². The molecule has 11 heteroatoms. The van der Waals surface area contributed by atoms with E-state index in [-0.39, 0.29) is 11.9 Å². The van der Waals surface area contributed by atoms with E-state index >= 15 is 0 Å². The van der Waals surface area contributed by atoms with Gasteiger partial charge < -0.3 is 20.5 Å². The van der Waals surface area contributed by atoms with Gasteiger partial charge in [0.1, 0.15) is 5.82 Å². The monoisotopic (exact) mass is 554 g/mol. The highest BCUT2D eigenvalue weighted by atomic mass is 35.5. The van der Waals surface area contributed by atoms with E-state index < -0.39 is 17.8 Å². The van der Waals surface area contributed by atoms with Crippen molar-refractivity contribution in [2.75, 3.05) is 18.4 Å². The Hall–Kier alpha value is -3.31. The Morgan fingerprint density at radius 3 is 2.74 bits per heavy atom. The highest BCUT2D eigenvalue weighted by molar-refractivity contribution is 6.34. The number of nitrogens with zero attached hydrogens (tertiary/aromatic N) is 3. The first-order valence-electron chi connectivity index (χ1n) is 13.0. The Balaban J connectivity index is 1.40. The van der Waals surface area contributed by atoms with Crippen molar-refractivity contribution in [1.29, 1.82) is 0 Å². The van der Waals surface area contributed by atoms with Gasteiger partial charge in [-0.2, -0.15) is 0 Å². The topological polar surface area (TPSA) is 113 Å². The second-order valence-electron chi connectivity index (χ2n) is 10.7. The molecule has 4 N–H and O–H groups in total. The van der Waals surface area contributed by atoms with Crippen LogP contribution < -0.4 is 16.0 Å². The molecule has 0 bridgehead atoms. The van der Waals surface area contributed by atoms with E-state index in [1.165, 1.54) is 12.1 Å². The number of rotatable bonds is 10. The van der Waals surface area contributed by atoms with Gasteiger partial charge in [-0.15, -0.1) is 0 Å². The van der Waals surface area contributed by atoms with Gasteiger partial charge in [-0.05, 0) is 64.3 Å². The van der Waals surface area contributed by atoms with Crippen molar-refractivity contribution in [3.8, 4) is 11.3 Å². The van der Waals surface area contributed by atoms with E-state index in [0.29, 0.717) is 58.3 Å². The molecule has 206 valence electrons. The van der Waals surface area contributed by atoms with Gasteiger partial charge in [0.05, 0.1) is 39.1 Å². The molecule has 39 heavy (non-hydrogen) atoms. The molecule has 9 nitrogen and oxygen atoms in total. The highest BCUT2D eigenvalue weighted by Gasteiger charge is 2.25. The molecule has 5 rings (SSSR count). The molecule has 1 aliphatic rings. The normalized spacial score (nSPS) is 14.6. The second kappa shape index (κ2) is 11.1.